The van der Waals surface area contributed by atoms with Gasteiger partial charge in [-0.15, -0.1) is 0 Å². The second-order valence-electron chi connectivity index (χ2n) is 6.62. The number of rotatable bonds is 4. The third-order valence-corrected chi connectivity index (χ3v) is 4.55. The van der Waals surface area contributed by atoms with Crippen molar-refractivity contribution in [1.29, 1.82) is 0 Å². The van der Waals surface area contributed by atoms with Crippen LogP contribution < -0.4 is 5.32 Å². The van der Waals surface area contributed by atoms with Crippen molar-refractivity contribution >= 4 is 11.3 Å². The van der Waals surface area contributed by atoms with Crippen LogP contribution >= 0.6 is 11.3 Å². The average molecular weight is 251 g/mol. The summed E-state index contributed by atoms with van der Waals surface area (Å²) in [4.78, 5) is 0. The van der Waals surface area contributed by atoms with E-state index >= 15 is 0 Å². The molecule has 1 aliphatic carbocycles. The number of hydrogen-bond donors (Lipinski definition) is 1. The average Bonchev–Trinajstić information content (AvgIpc) is 2.87. The quantitative estimate of drug-likeness (QED) is 0.844. The molecule has 1 fully saturated rings. The van der Waals surface area contributed by atoms with Crippen LogP contribution in [0.1, 0.15) is 52.0 Å². The van der Waals surface area contributed by atoms with Crippen molar-refractivity contribution in [2.45, 2.75) is 58.4 Å². The molecule has 0 amide bonds. The van der Waals surface area contributed by atoms with Gasteiger partial charge in [-0.3, -0.25) is 0 Å². The van der Waals surface area contributed by atoms with Gasteiger partial charge in [0.05, 0.1) is 0 Å². The molecule has 0 bridgehead atoms. The summed E-state index contributed by atoms with van der Waals surface area (Å²) in [5.41, 5.74) is 2.30. The topological polar surface area (TPSA) is 12.0 Å². The molecule has 0 spiro atoms. The molecule has 1 aromatic rings. The number of thiophene rings is 1. The van der Waals surface area contributed by atoms with Crippen LogP contribution in [0, 0.1) is 5.41 Å². The van der Waals surface area contributed by atoms with E-state index in [0.717, 1.165) is 0 Å². The first-order chi connectivity index (χ1) is 7.99. The van der Waals surface area contributed by atoms with Gasteiger partial charge in [-0.25, -0.2) is 0 Å². The lowest BCUT2D eigenvalue weighted by Gasteiger charge is -2.33. The molecule has 1 N–H and O–H groups in total. The third kappa shape index (κ3) is 3.82. The van der Waals surface area contributed by atoms with Crippen LogP contribution in [0.3, 0.4) is 0 Å². The lowest BCUT2D eigenvalue weighted by molar-refractivity contribution is 0.245. The van der Waals surface area contributed by atoms with Gasteiger partial charge in [-0.2, -0.15) is 11.3 Å². The van der Waals surface area contributed by atoms with Gasteiger partial charge in [0.15, 0.2) is 0 Å². The first kappa shape index (κ1) is 13.1. The zero-order chi connectivity index (χ0) is 12.4. The molecule has 2 rings (SSSR count). The molecule has 1 nitrogen and oxygen atoms in total. The molecule has 0 radical (unpaired) electrons. The molecule has 1 aliphatic rings. The van der Waals surface area contributed by atoms with Crippen LogP contribution in [0.25, 0.3) is 0 Å². The predicted molar refractivity (Wildman–Crippen MR) is 76.7 cm³/mol. The SMILES string of the molecule is CC(C)(C)NCC1(Cc2ccsc2)CCCC1. The summed E-state index contributed by atoms with van der Waals surface area (Å²) < 4.78 is 0. The molecule has 96 valence electrons. The second kappa shape index (κ2) is 5.11. The largest absolute Gasteiger partial charge is 0.312 e. The van der Waals surface area contributed by atoms with Crippen LogP contribution in [-0.2, 0) is 6.42 Å². The van der Waals surface area contributed by atoms with Crippen molar-refractivity contribution < 1.29 is 0 Å². The maximum atomic E-state index is 3.72. The van der Waals surface area contributed by atoms with E-state index in [1.165, 1.54) is 44.2 Å². The molecule has 1 aromatic heterocycles. The summed E-state index contributed by atoms with van der Waals surface area (Å²) in [6.45, 7) is 7.97. The lowest BCUT2D eigenvalue weighted by atomic mass is 9.80. The van der Waals surface area contributed by atoms with Crippen molar-refractivity contribution in [1.82, 2.24) is 5.32 Å². The van der Waals surface area contributed by atoms with Crippen molar-refractivity contribution in [3.05, 3.63) is 22.4 Å². The molecule has 0 atom stereocenters. The highest BCUT2D eigenvalue weighted by Crippen LogP contribution is 2.41. The summed E-state index contributed by atoms with van der Waals surface area (Å²) in [6, 6.07) is 2.29. The highest BCUT2D eigenvalue weighted by molar-refractivity contribution is 7.07. The normalized spacial score (nSPS) is 19.7. The monoisotopic (exact) mass is 251 g/mol. The van der Waals surface area contributed by atoms with Crippen molar-refractivity contribution in [2.24, 2.45) is 5.41 Å². The Morgan fingerprint density at radius 1 is 1.29 bits per heavy atom. The standard InChI is InChI=1S/C15H25NS/c1-14(2,3)16-12-15(7-4-5-8-15)10-13-6-9-17-11-13/h6,9,11,16H,4-5,7-8,10,12H2,1-3H3. The summed E-state index contributed by atoms with van der Waals surface area (Å²) in [5.74, 6) is 0. The minimum Gasteiger partial charge on any atom is -0.312 e. The van der Waals surface area contributed by atoms with Crippen LogP contribution in [-0.4, -0.2) is 12.1 Å². The van der Waals surface area contributed by atoms with E-state index in [2.05, 4.69) is 42.9 Å². The van der Waals surface area contributed by atoms with Crippen LogP contribution in [0.5, 0.6) is 0 Å². The van der Waals surface area contributed by atoms with Crippen LogP contribution in [0.2, 0.25) is 0 Å². The Bertz CT molecular complexity index is 328. The van der Waals surface area contributed by atoms with E-state index in [1.807, 2.05) is 11.3 Å². The molecule has 2 heteroatoms. The van der Waals surface area contributed by atoms with Gasteiger partial charge >= 0.3 is 0 Å². The number of nitrogens with one attached hydrogen (secondary N) is 1. The van der Waals surface area contributed by atoms with Gasteiger partial charge in [0.2, 0.25) is 0 Å². The summed E-state index contributed by atoms with van der Waals surface area (Å²) in [5, 5.41) is 8.24. The van der Waals surface area contributed by atoms with Crippen LogP contribution in [0.15, 0.2) is 16.8 Å². The molecule has 17 heavy (non-hydrogen) atoms. The Hall–Kier alpha value is -0.340. The minimum absolute atomic E-state index is 0.240. The second-order valence-corrected chi connectivity index (χ2v) is 7.40. The van der Waals surface area contributed by atoms with Gasteiger partial charge in [0.1, 0.15) is 0 Å². The third-order valence-electron chi connectivity index (χ3n) is 3.82. The fourth-order valence-corrected chi connectivity index (χ4v) is 3.49. The summed E-state index contributed by atoms with van der Waals surface area (Å²) in [6.07, 6.45) is 6.88. The zero-order valence-corrected chi connectivity index (χ0v) is 12.2. The first-order valence-corrected chi connectivity index (χ1v) is 7.70. The first-order valence-electron chi connectivity index (χ1n) is 6.75. The van der Waals surface area contributed by atoms with E-state index in [1.54, 1.807) is 0 Å². The molecule has 1 heterocycles. The Morgan fingerprint density at radius 2 is 2.00 bits per heavy atom. The zero-order valence-electron chi connectivity index (χ0n) is 11.4. The van der Waals surface area contributed by atoms with Crippen molar-refractivity contribution in [3.8, 4) is 0 Å². The fourth-order valence-electron chi connectivity index (χ4n) is 2.82. The molecule has 0 aromatic carbocycles. The van der Waals surface area contributed by atoms with E-state index in [-0.39, 0.29) is 5.54 Å². The Morgan fingerprint density at radius 3 is 2.53 bits per heavy atom. The summed E-state index contributed by atoms with van der Waals surface area (Å²) >= 11 is 1.82. The molecular weight excluding hydrogens is 226 g/mol. The highest BCUT2D eigenvalue weighted by atomic mass is 32.1. The van der Waals surface area contributed by atoms with E-state index < -0.39 is 0 Å². The molecule has 0 unspecified atom stereocenters. The van der Waals surface area contributed by atoms with Gasteiger partial charge in [0.25, 0.3) is 0 Å². The molecular formula is C15H25NS. The van der Waals surface area contributed by atoms with E-state index in [4.69, 9.17) is 0 Å². The minimum atomic E-state index is 0.240. The van der Waals surface area contributed by atoms with Gasteiger partial charge in [-0.1, -0.05) is 12.8 Å². The smallest absolute Gasteiger partial charge is 0.00967 e. The van der Waals surface area contributed by atoms with Gasteiger partial charge < -0.3 is 5.32 Å². The lowest BCUT2D eigenvalue weighted by Crippen LogP contribution is -2.43. The molecule has 0 aliphatic heterocycles. The van der Waals surface area contributed by atoms with E-state index in [0.29, 0.717) is 5.41 Å². The van der Waals surface area contributed by atoms with Gasteiger partial charge in [0, 0.05) is 12.1 Å². The molecule has 1 saturated carbocycles. The van der Waals surface area contributed by atoms with Crippen molar-refractivity contribution in [3.63, 3.8) is 0 Å². The van der Waals surface area contributed by atoms with Gasteiger partial charge in [-0.05, 0) is 67.8 Å². The Balaban J connectivity index is 1.99. The van der Waals surface area contributed by atoms with Crippen molar-refractivity contribution in [2.75, 3.05) is 6.54 Å². The van der Waals surface area contributed by atoms with Crippen LogP contribution in [0.4, 0.5) is 0 Å². The Kier molecular flexibility index (Phi) is 3.94. The van der Waals surface area contributed by atoms with E-state index in [9.17, 15) is 0 Å². The number of hydrogen-bond acceptors (Lipinski definition) is 2. The summed E-state index contributed by atoms with van der Waals surface area (Å²) in [7, 11) is 0. The highest BCUT2D eigenvalue weighted by Gasteiger charge is 2.34. The molecule has 0 saturated heterocycles. The maximum Gasteiger partial charge on any atom is 0.00967 e. The maximum absolute atomic E-state index is 3.72. The fraction of sp³-hybridized carbons (Fsp3) is 0.733. The Labute approximate surface area is 110 Å². The predicted octanol–water partition coefficient (Wildman–Crippen LogP) is 4.24.